The van der Waals surface area contributed by atoms with Gasteiger partial charge >= 0.3 is 0 Å². The van der Waals surface area contributed by atoms with E-state index in [4.69, 9.17) is 0 Å². The number of benzene rings is 2. The lowest BCUT2D eigenvalue weighted by molar-refractivity contribution is -0.115. The van der Waals surface area contributed by atoms with E-state index in [2.05, 4.69) is 43.4 Å². The molecule has 0 heterocycles. The summed E-state index contributed by atoms with van der Waals surface area (Å²) < 4.78 is 0. The van der Waals surface area contributed by atoms with Crippen LogP contribution in [0.3, 0.4) is 0 Å². The number of anilines is 1. The molecule has 2 nitrogen and oxygen atoms in total. The van der Waals surface area contributed by atoms with Crippen molar-refractivity contribution in [3.05, 3.63) is 65.2 Å². The maximum Gasteiger partial charge on any atom is 0.237 e. The van der Waals surface area contributed by atoms with Gasteiger partial charge in [-0.1, -0.05) is 43.3 Å². The Bertz CT molecular complexity index is 622. The summed E-state index contributed by atoms with van der Waals surface area (Å²) in [7, 11) is 0. The number of hydrogen-bond donors (Lipinski definition) is 1. The molecule has 116 valence electrons. The molecule has 0 fully saturated rings. The summed E-state index contributed by atoms with van der Waals surface area (Å²) in [5.41, 5.74) is 4.71. The molecule has 0 aliphatic heterocycles. The van der Waals surface area contributed by atoms with Crippen LogP contribution in [0.4, 0.5) is 5.69 Å². The first-order valence-electron chi connectivity index (χ1n) is 7.66. The standard InChI is InChI=1S/C19H23NOS/c1-4-16-9-11-18(12-10-16)20-19(21)15(3)22-13-17-8-6-5-7-14(17)2/h5-12,15H,4,13H2,1-3H3,(H,20,21)/t15-/m0/s1. The highest BCUT2D eigenvalue weighted by atomic mass is 32.2. The Balaban J connectivity index is 1.87. The molecule has 0 saturated carbocycles. The van der Waals surface area contributed by atoms with E-state index in [1.54, 1.807) is 11.8 Å². The van der Waals surface area contributed by atoms with Crippen LogP contribution in [0.15, 0.2) is 48.5 Å². The van der Waals surface area contributed by atoms with Crippen molar-refractivity contribution in [3.8, 4) is 0 Å². The molecular formula is C19H23NOS. The highest BCUT2D eigenvalue weighted by Crippen LogP contribution is 2.21. The van der Waals surface area contributed by atoms with Crippen molar-refractivity contribution in [2.45, 2.75) is 38.2 Å². The molecule has 2 rings (SSSR count). The van der Waals surface area contributed by atoms with Gasteiger partial charge in [-0.05, 0) is 49.1 Å². The molecule has 0 spiro atoms. The quantitative estimate of drug-likeness (QED) is 0.828. The molecule has 1 N–H and O–H groups in total. The fourth-order valence-electron chi connectivity index (χ4n) is 2.13. The van der Waals surface area contributed by atoms with Crippen LogP contribution >= 0.6 is 11.8 Å². The van der Waals surface area contributed by atoms with E-state index in [-0.39, 0.29) is 11.2 Å². The summed E-state index contributed by atoms with van der Waals surface area (Å²) in [5, 5.41) is 2.91. The molecule has 0 aliphatic rings. The van der Waals surface area contributed by atoms with E-state index in [9.17, 15) is 4.79 Å². The fourth-order valence-corrected chi connectivity index (χ4v) is 3.09. The summed E-state index contributed by atoms with van der Waals surface area (Å²) in [6.07, 6.45) is 1.01. The Kier molecular flexibility index (Phi) is 6.08. The normalized spacial score (nSPS) is 12.0. The molecule has 0 aliphatic carbocycles. The zero-order chi connectivity index (χ0) is 15.9. The second-order valence-electron chi connectivity index (χ2n) is 5.42. The van der Waals surface area contributed by atoms with Gasteiger partial charge in [0.2, 0.25) is 5.91 Å². The van der Waals surface area contributed by atoms with Crippen LogP contribution in [0.5, 0.6) is 0 Å². The third kappa shape index (κ3) is 4.63. The first kappa shape index (κ1) is 16.6. The van der Waals surface area contributed by atoms with Gasteiger partial charge in [-0.2, -0.15) is 0 Å². The SMILES string of the molecule is CCc1ccc(NC(=O)[C@H](C)SCc2ccccc2C)cc1. The Morgan fingerprint density at radius 1 is 1.14 bits per heavy atom. The molecule has 0 bridgehead atoms. The highest BCUT2D eigenvalue weighted by molar-refractivity contribution is 7.99. The Morgan fingerprint density at radius 3 is 2.45 bits per heavy atom. The van der Waals surface area contributed by atoms with Gasteiger partial charge in [0.25, 0.3) is 0 Å². The van der Waals surface area contributed by atoms with Crippen LogP contribution in [0, 0.1) is 6.92 Å². The van der Waals surface area contributed by atoms with Crippen molar-refractivity contribution in [2.75, 3.05) is 5.32 Å². The van der Waals surface area contributed by atoms with Crippen LogP contribution in [0.25, 0.3) is 0 Å². The van der Waals surface area contributed by atoms with Crippen LogP contribution in [-0.4, -0.2) is 11.2 Å². The molecular weight excluding hydrogens is 290 g/mol. The summed E-state index contributed by atoms with van der Waals surface area (Å²) in [6.45, 7) is 6.19. The molecule has 0 aromatic heterocycles. The van der Waals surface area contributed by atoms with E-state index in [1.165, 1.54) is 16.7 Å². The molecule has 0 radical (unpaired) electrons. The summed E-state index contributed by atoms with van der Waals surface area (Å²) in [5.74, 6) is 0.915. The van der Waals surface area contributed by atoms with Gasteiger partial charge < -0.3 is 5.32 Å². The zero-order valence-corrected chi connectivity index (χ0v) is 14.2. The number of amides is 1. The van der Waals surface area contributed by atoms with Crippen molar-refractivity contribution in [2.24, 2.45) is 0 Å². The van der Waals surface area contributed by atoms with Gasteiger partial charge in [-0.3, -0.25) is 4.79 Å². The van der Waals surface area contributed by atoms with E-state index in [0.717, 1.165) is 17.9 Å². The topological polar surface area (TPSA) is 29.1 Å². The zero-order valence-electron chi connectivity index (χ0n) is 13.4. The third-order valence-corrected chi connectivity index (χ3v) is 4.94. The largest absolute Gasteiger partial charge is 0.325 e. The van der Waals surface area contributed by atoms with E-state index < -0.39 is 0 Å². The van der Waals surface area contributed by atoms with Gasteiger partial charge in [-0.25, -0.2) is 0 Å². The van der Waals surface area contributed by atoms with Crippen molar-refractivity contribution in [1.29, 1.82) is 0 Å². The second kappa shape index (κ2) is 8.04. The molecule has 1 amide bonds. The number of nitrogens with one attached hydrogen (secondary N) is 1. The maximum atomic E-state index is 12.2. The number of carbonyl (C=O) groups excluding carboxylic acids is 1. The van der Waals surface area contributed by atoms with Gasteiger partial charge in [0.15, 0.2) is 0 Å². The first-order chi connectivity index (χ1) is 10.6. The highest BCUT2D eigenvalue weighted by Gasteiger charge is 2.14. The first-order valence-corrected chi connectivity index (χ1v) is 8.71. The number of thioether (sulfide) groups is 1. The molecule has 2 aromatic rings. The van der Waals surface area contributed by atoms with Gasteiger partial charge in [0.1, 0.15) is 0 Å². The van der Waals surface area contributed by atoms with Gasteiger partial charge in [0, 0.05) is 11.4 Å². The van der Waals surface area contributed by atoms with Gasteiger partial charge in [0.05, 0.1) is 5.25 Å². The van der Waals surface area contributed by atoms with Crippen LogP contribution < -0.4 is 5.32 Å². The Morgan fingerprint density at radius 2 is 1.82 bits per heavy atom. The minimum Gasteiger partial charge on any atom is -0.325 e. The number of carbonyl (C=O) groups is 1. The van der Waals surface area contributed by atoms with Crippen molar-refractivity contribution < 1.29 is 4.79 Å². The molecule has 22 heavy (non-hydrogen) atoms. The predicted octanol–water partition coefficient (Wildman–Crippen LogP) is 4.82. The minimum atomic E-state index is -0.0783. The van der Waals surface area contributed by atoms with E-state index in [1.807, 2.05) is 31.2 Å². The molecule has 2 aromatic carbocycles. The Hall–Kier alpha value is -1.74. The second-order valence-corrected chi connectivity index (χ2v) is 6.75. The number of rotatable bonds is 6. The maximum absolute atomic E-state index is 12.2. The van der Waals surface area contributed by atoms with Crippen molar-refractivity contribution in [3.63, 3.8) is 0 Å². The third-order valence-electron chi connectivity index (χ3n) is 3.75. The summed E-state index contributed by atoms with van der Waals surface area (Å²) in [4.78, 5) is 12.2. The van der Waals surface area contributed by atoms with E-state index in [0.29, 0.717) is 0 Å². The number of hydrogen-bond acceptors (Lipinski definition) is 2. The lowest BCUT2D eigenvalue weighted by Crippen LogP contribution is -2.22. The summed E-state index contributed by atoms with van der Waals surface area (Å²) >= 11 is 1.67. The summed E-state index contributed by atoms with van der Waals surface area (Å²) in [6, 6.07) is 16.4. The lowest BCUT2D eigenvalue weighted by Gasteiger charge is -2.13. The predicted molar refractivity (Wildman–Crippen MR) is 96.4 cm³/mol. The van der Waals surface area contributed by atoms with Crippen LogP contribution in [0.1, 0.15) is 30.5 Å². The van der Waals surface area contributed by atoms with Crippen LogP contribution in [0.2, 0.25) is 0 Å². The minimum absolute atomic E-state index is 0.0582. The molecule has 0 unspecified atom stereocenters. The van der Waals surface area contributed by atoms with E-state index >= 15 is 0 Å². The fraction of sp³-hybridized carbons (Fsp3) is 0.316. The average molecular weight is 313 g/mol. The average Bonchev–Trinajstić information content (AvgIpc) is 2.54. The van der Waals surface area contributed by atoms with Crippen molar-refractivity contribution >= 4 is 23.4 Å². The Labute approximate surface area is 137 Å². The van der Waals surface area contributed by atoms with Crippen LogP contribution in [-0.2, 0) is 17.0 Å². The lowest BCUT2D eigenvalue weighted by atomic mass is 10.1. The monoisotopic (exact) mass is 313 g/mol. The van der Waals surface area contributed by atoms with Crippen molar-refractivity contribution in [1.82, 2.24) is 0 Å². The smallest absolute Gasteiger partial charge is 0.237 e. The molecule has 1 atom stereocenters. The molecule has 3 heteroatoms. The van der Waals surface area contributed by atoms with Gasteiger partial charge in [-0.15, -0.1) is 11.8 Å². The number of aryl methyl sites for hydroxylation is 2. The molecule has 0 saturated heterocycles.